The van der Waals surface area contributed by atoms with Crippen molar-refractivity contribution in [3.63, 3.8) is 0 Å². The Bertz CT molecular complexity index is 846. The third kappa shape index (κ3) is 5.83. The van der Waals surface area contributed by atoms with Gasteiger partial charge in [0.1, 0.15) is 0 Å². The van der Waals surface area contributed by atoms with Crippen LogP contribution in [0.25, 0.3) is 0 Å². The van der Waals surface area contributed by atoms with Gasteiger partial charge in [-0.25, -0.2) is 4.79 Å². The maximum absolute atomic E-state index is 11.9. The van der Waals surface area contributed by atoms with Crippen LogP contribution in [0.4, 0.5) is 13.2 Å². The lowest BCUT2D eigenvalue weighted by molar-refractivity contribution is -0.192. The number of carbonyl (C=O) groups excluding carboxylic acids is 1. The minimum Gasteiger partial charge on any atom is -0.475 e. The van der Waals surface area contributed by atoms with Gasteiger partial charge in [0.15, 0.2) is 11.5 Å². The Hall–Kier alpha value is -2.53. The zero-order valence-corrected chi connectivity index (χ0v) is 17.3. The van der Waals surface area contributed by atoms with E-state index in [2.05, 4.69) is 22.3 Å². The number of likely N-dealkylation sites (tertiary alicyclic amines) is 1. The summed E-state index contributed by atoms with van der Waals surface area (Å²) in [5.41, 5.74) is 1.24. The van der Waals surface area contributed by atoms with Gasteiger partial charge in [0.25, 0.3) is 0 Å². The van der Waals surface area contributed by atoms with Gasteiger partial charge in [-0.2, -0.15) is 13.2 Å². The lowest BCUT2D eigenvalue weighted by Crippen LogP contribution is -2.30. The van der Waals surface area contributed by atoms with E-state index in [0.717, 1.165) is 50.4 Å². The highest BCUT2D eigenvalue weighted by Gasteiger charge is 2.42. The van der Waals surface area contributed by atoms with Crippen molar-refractivity contribution in [2.75, 3.05) is 19.9 Å². The van der Waals surface area contributed by atoms with Crippen LogP contribution in [0.3, 0.4) is 0 Å². The van der Waals surface area contributed by atoms with Crippen molar-refractivity contribution < 1.29 is 42.1 Å². The van der Waals surface area contributed by atoms with Crippen LogP contribution in [-0.4, -0.2) is 66.2 Å². The topological polar surface area (TPSA) is 97.3 Å². The highest BCUT2D eigenvalue weighted by molar-refractivity contribution is 5.77. The molecule has 0 radical (unpaired) electrons. The number of carbonyl (C=O) groups is 2. The monoisotopic (exact) mass is 458 g/mol. The number of nitrogens with one attached hydrogen (secondary N) is 1. The highest BCUT2D eigenvalue weighted by Crippen LogP contribution is 2.36. The van der Waals surface area contributed by atoms with Gasteiger partial charge in [-0.05, 0) is 37.0 Å². The normalized spacial score (nSPS) is 26.3. The second kappa shape index (κ2) is 9.14. The van der Waals surface area contributed by atoms with Crippen LogP contribution in [0.5, 0.6) is 11.5 Å². The molecule has 1 amide bonds. The van der Waals surface area contributed by atoms with Crippen LogP contribution in [-0.2, 0) is 20.9 Å². The molecule has 11 heteroatoms. The Morgan fingerprint density at radius 3 is 2.53 bits per heavy atom. The molecular formula is C21H25F3N2O6. The molecule has 1 aliphatic carbocycles. The number of rotatable bonds is 5. The fraction of sp³-hybridized carbons (Fsp3) is 0.619. The number of carboxylic acids is 1. The second-order valence-electron chi connectivity index (χ2n) is 8.52. The quantitative estimate of drug-likeness (QED) is 0.699. The summed E-state index contributed by atoms with van der Waals surface area (Å²) in [6, 6.07) is 6.60. The lowest BCUT2D eigenvalue weighted by Gasteiger charge is -2.19. The maximum atomic E-state index is 11.9. The van der Waals surface area contributed by atoms with E-state index in [0.29, 0.717) is 25.2 Å². The summed E-state index contributed by atoms with van der Waals surface area (Å²) in [7, 11) is 0. The van der Waals surface area contributed by atoms with Crippen molar-refractivity contribution >= 4 is 11.9 Å². The zero-order valence-electron chi connectivity index (χ0n) is 17.3. The van der Waals surface area contributed by atoms with E-state index in [1.54, 1.807) is 0 Å². The Labute approximate surface area is 182 Å². The van der Waals surface area contributed by atoms with Gasteiger partial charge < -0.3 is 24.6 Å². The summed E-state index contributed by atoms with van der Waals surface area (Å²) >= 11 is 0. The summed E-state index contributed by atoms with van der Waals surface area (Å²) in [5.74, 6) is -0.377. The molecule has 176 valence electrons. The Balaban J connectivity index is 0.000000307. The predicted molar refractivity (Wildman–Crippen MR) is 104 cm³/mol. The first-order valence-electron chi connectivity index (χ1n) is 10.5. The molecule has 3 aliphatic heterocycles. The van der Waals surface area contributed by atoms with Gasteiger partial charge in [-0.1, -0.05) is 6.07 Å². The fourth-order valence-electron chi connectivity index (χ4n) is 4.23. The molecule has 4 aliphatic rings. The molecule has 0 aromatic heterocycles. The van der Waals surface area contributed by atoms with Crippen molar-refractivity contribution in [1.29, 1.82) is 0 Å². The van der Waals surface area contributed by atoms with Crippen LogP contribution in [0.2, 0.25) is 0 Å². The number of alkyl halides is 3. The van der Waals surface area contributed by atoms with E-state index in [1.165, 1.54) is 5.56 Å². The molecule has 32 heavy (non-hydrogen) atoms. The predicted octanol–water partition coefficient (Wildman–Crippen LogP) is 2.31. The van der Waals surface area contributed by atoms with Crippen molar-refractivity contribution in [3.05, 3.63) is 23.8 Å². The molecule has 0 spiro atoms. The number of fused-ring (bicyclic) bond motifs is 2. The smallest absolute Gasteiger partial charge is 0.475 e. The molecule has 5 rings (SSSR count). The van der Waals surface area contributed by atoms with E-state index in [9.17, 15) is 18.0 Å². The highest BCUT2D eigenvalue weighted by atomic mass is 19.4. The molecule has 0 unspecified atom stereocenters. The summed E-state index contributed by atoms with van der Waals surface area (Å²) < 4.78 is 48.7. The second-order valence-corrected chi connectivity index (χ2v) is 8.52. The van der Waals surface area contributed by atoms with E-state index < -0.39 is 12.1 Å². The number of ether oxygens (including phenoxy) is 3. The first kappa shape index (κ1) is 22.7. The number of nitrogens with zero attached hydrogens (tertiary/aromatic N) is 1. The molecule has 2 saturated heterocycles. The van der Waals surface area contributed by atoms with Crippen LogP contribution in [0, 0.1) is 5.92 Å². The van der Waals surface area contributed by atoms with Gasteiger partial charge >= 0.3 is 12.1 Å². The minimum absolute atomic E-state index is 0.0986. The number of hydrogen-bond acceptors (Lipinski definition) is 6. The largest absolute Gasteiger partial charge is 0.490 e. The molecule has 3 atom stereocenters. The lowest BCUT2D eigenvalue weighted by atomic mass is 10.0. The number of aliphatic carboxylic acids is 1. The minimum atomic E-state index is -5.08. The summed E-state index contributed by atoms with van der Waals surface area (Å²) in [6.45, 7) is 3.20. The van der Waals surface area contributed by atoms with E-state index in [-0.39, 0.29) is 18.1 Å². The number of hydrogen-bond donors (Lipinski definition) is 2. The molecule has 0 bridgehead atoms. The first-order chi connectivity index (χ1) is 15.2. The molecule has 8 nitrogen and oxygen atoms in total. The Morgan fingerprint density at radius 2 is 1.88 bits per heavy atom. The zero-order chi connectivity index (χ0) is 22.9. The van der Waals surface area contributed by atoms with Gasteiger partial charge in [-0.15, -0.1) is 0 Å². The number of amides is 1. The molecular weight excluding hydrogens is 433 g/mol. The third-order valence-electron chi connectivity index (χ3n) is 5.83. The number of benzene rings is 1. The van der Waals surface area contributed by atoms with E-state index in [1.807, 2.05) is 6.07 Å². The molecule has 3 fully saturated rings. The van der Waals surface area contributed by atoms with Gasteiger partial charge in [0.2, 0.25) is 12.7 Å². The van der Waals surface area contributed by atoms with Crippen molar-refractivity contribution in [1.82, 2.24) is 10.2 Å². The van der Waals surface area contributed by atoms with Gasteiger partial charge in [0, 0.05) is 31.6 Å². The van der Waals surface area contributed by atoms with E-state index >= 15 is 0 Å². The van der Waals surface area contributed by atoms with E-state index in [4.69, 9.17) is 24.1 Å². The molecule has 3 heterocycles. The molecule has 2 N–H and O–H groups in total. The van der Waals surface area contributed by atoms with Crippen molar-refractivity contribution in [2.45, 2.75) is 56.7 Å². The standard InChI is InChI=1S/C19H24N2O4.C2HF3O2/c22-19(20-14-2-3-14)7-15-6-13-9-21(10-18(13)25-15)8-12-1-4-16-17(5-12)24-11-23-16;3-2(4,5)1(6)7/h1,4-5,13-15,18H,2-3,6-11H2,(H,20,22);(H,6,7)/t13-,15-,18+;/m0./s1. The molecule has 1 saturated carbocycles. The molecule has 1 aromatic carbocycles. The Morgan fingerprint density at radius 1 is 1.16 bits per heavy atom. The molecule has 1 aromatic rings. The van der Waals surface area contributed by atoms with Crippen LogP contribution < -0.4 is 14.8 Å². The van der Waals surface area contributed by atoms with Crippen LogP contribution >= 0.6 is 0 Å². The first-order valence-corrected chi connectivity index (χ1v) is 10.5. The fourth-order valence-corrected chi connectivity index (χ4v) is 4.23. The average Bonchev–Trinajstić information content (AvgIpc) is 3.08. The average molecular weight is 458 g/mol. The van der Waals surface area contributed by atoms with Crippen molar-refractivity contribution in [3.8, 4) is 11.5 Å². The van der Waals surface area contributed by atoms with Crippen LogP contribution in [0.1, 0.15) is 31.2 Å². The Kier molecular flexibility index (Phi) is 6.47. The van der Waals surface area contributed by atoms with Gasteiger partial charge in [-0.3, -0.25) is 9.69 Å². The third-order valence-corrected chi connectivity index (χ3v) is 5.83. The van der Waals surface area contributed by atoms with Gasteiger partial charge in [0.05, 0.1) is 18.6 Å². The summed E-state index contributed by atoms with van der Waals surface area (Å²) in [4.78, 5) is 23.3. The number of carboxylic acid groups (broad SMARTS) is 1. The number of halogens is 3. The van der Waals surface area contributed by atoms with Crippen molar-refractivity contribution in [2.24, 2.45) is 5.92 Å². The SMILES string of the molecule is O=C(C[C@@H]1C[C@H]2CN(Cc3ccc4c(c3)OCO4)C[C@H]2O1)NC1CC1.O=C(O)C(F)(F)F. The maximum Gasteiger partial charge on any atom is 0.490 e. The van der Waals surface area contributed by atoms with Crippen LogP contribution in [0.15, 0.2) is 18.2 Å². The summed E-state index contributed by atoms with van der Waals surface area (Å²) in [5, 5.41) is 10.2. The summed E-state index contributed by atoms with van der Waals surface area (Å²) in [6.07, 6.45) is -0.921.